The maximum Gasteiger partial charge on any atom is 0.255 e. The molecule has 1 aliphatic rings. The summed E-state index contributed by atoms with van der Waals surface area (Å²) < 4.78 is 5.42. The van der Waals surface area contributed by atoms with E-state index in [1.54, 1.807) is 0 Å². The summed E-state index contributed by atoms with van der Waals surface area (Å²) in [7, 11) is 0. The predicted molar refractivity (Wildman–Crippen MR) is 82.2 cm³/mol. The maximum absolute atomic E-state index is 12.6. The van der Waals surface area contributed by atoms with Gasteiger partial charge in [0, 0.05) is 18.5 Å². The van der Waals surface area contributed by atoms with E-state index in [-0.39, 0.29) is 11.9 Å². The molecule has 2 aromatic rings. The van der Waals surface area contributed by atoms with E-state index in [2.05, 4.69) is 24.0 Å². The third kappa shape index (κ3) is 2.63. The minimum atomic E-state index is -0.159. The summed E-state index contributed by atoms with van der Waals surface area (Å²) in [5.74, 6) is 1.78. The Kier molecular flexibility index (Phi) is 3.96. The van der Waals surface area contributed by atoms with E-state index in [4.69, 9.17) is 4.52 Å². The van der Waals surface area contributed by atoms with Crippen LogP contribution < -0.4 is 0 Å². The number of carbonyl (C=O) groups is 1. The van der Waals surface area contributed by atoms with Crippen LogP contribution in [0.25, 0.3) is 0 Å². The normalized spacial score (nSPS) is 15.5. The van der Waals surface area contributed by atoms with Crippen LogP contribution in [-0.2, 0) is 13.0 Å². The molecule has 0 bridgehead atoms. The fourth-order valence-electron chi connectivity index (χ4n) is 2.91. The van der Waals surface area contributed by atoms with Gasteiger partial charge in [0.25, 0.3) is 5.91 Å². The Labute approximate surface area is 130 Å². The monoisotopic (exact) mass is 299 g/mol. The molecule has 0 spiro atoms. The van der Waals surface area contributed by atoms with Gasteiger partial charge in [0.1, 0.15) is 6.04 Å². The lowest BCUT2D eigenvalue weighted by Gasteiger charge is -2.23. The van der Waals surface area contributed by atoms with Gasteiger partial charge in [0.15, 0.2) is 5.82 Å². The second-order valence-electron chi connectivity index (χ2n) is 6.16. The highest BCUT2D eigenvalue weighted by molar-refractivity contribution is 5.98. The van der Waals surface area contributed by atoms with Gasteiger partial charge >= 0.3 is 0 Å². The molecule has 0 aliphatic carbocycles. The van der Waals surface area contributed by atoms with Crippen LogP contribution in [0.2, 0.25) is 0 Å². The molecule has 22 heavy (non-hydrogen) atoms. The zero-order chi connectivity index (χ0) is 15.7. The van der Waals surface area contributed by atoms with Crippen molar-refractivity contribution in [3.8, 4) is 0 Å². The van der Waals surface area contributed by atoms with E-state index < -0.39 is 0 Å². The second kappa shape index (κ2) is 5.91. The minimum Gasteiger partial charge on any atom is -0.337 e. The van der Waals surface area contributed by atoms with Crippen molar-refractivity contribution in [3.05, 3.63) is 47.1 Å². The molecule has 116 valence electrons. The highest BCUT2D eigenvalue weighted by atomic mass is 16.5. The number of hydrogen-bond acceptors (Lipinski definition) is 4. The molecular weight excluding hydrogens is 278 g/mol. The van der Waals surface area contributed by atoms with Gasteiger partial charge in [-0.1, -0.05) is 44.1 Å². The van der Waals surface area contributed by atoms with Crippen LogP contribution >= 0.6 is 0 Å². The highest BCUT2D eigenvalue weighted by Crippen LogP contribution is 2.32. The van der Waals surface area contributed by atoms with Crippen LogP contribution in [0.1, 0.15) is 60.9 Å². The molecule has 1 atom stereocenters. The number of rotatable bonds is 5. The molecule has 0 saturated heterocycles. The molecule has 3 rings (SSSR count). The van der Waals surface area contributed by atoms with E-state index in [9.17, 15) is 4.79 Å². The summed E-state index contributed by atoms with van der Waals surface area (Å²) in [5.41, 5.74) is 1.84. The van der Waals surface area contributed by atoms with Gasteiger partial charge in [-0.25, -0.2) is 0 Å². The first-order valence-electron chi connectivity index (χ1n) is 7.81. The van der Waals surface area contributed by atoms with Crippen molar-refractivity contribution in [2.45, 2.75) is 46.2 Å². The van der Waals surface area contributed by atoms with Gasteiger partial charge in [0.05, 0.1) is 0 Å². The highest BCUT2D eigenvalue weighted by Gasteiger charge is 2.35. The molecular formula is C17H21N3O2. The zero-order valence-electron chi connectivity index (χ0n) is 13.2. The van der Waals surface area contributed by atoms with Crippen LogP contribution in [-0.4, -0.2) is 20.9 Å². The first-order valence-corrected chi connectivity index (χ1v) is 7.81. The van der Waals surface area contributed by atoms with Gasteiger partial charge < -0.3 is 9.42 Å². The number of aromatic nitrogens is 2. The topological polar surface area (TPSA) is 59.2 Å². The van der Waals surface area contributed by atoms with Crippen LogP contribution in [0.15, 0.2) is 28.8 Å². The average Bonchev–Trinajstić information content (AvgIpc) is 3.06. The Morgan fingerprint density at radius 1 is 1.32 bits per heavy atom. The molecule has 5 heteroatoms. The predicted octanol–water partition coefficient (Wildman–Crippen LogP) is 3.38. The molecule has 0 radical (unpaired) electrons. The lowest BCUT2D eigenvalue weighted by molar-refractivity contribution is 0.0658. The number of carbonyl (C=O) groups excluding carboxylic acids is 1. The lowest BCUT2D eigenvalue weighted by Crippen LogP contribution is -2.29. The minimum absolute atomic E-state index is 0.0473. The number of amides is 1. The Hall–Kier alpha value is -2.17. The smallest absolute Gasteiger partial charge is 0.255 e. The van der Waals surface area contributed by atoms with Crippen molar-refractivity contribution in [1.29, 1.82) is 0 Å². The third-order valence-corrected chi connectivity index (χ3v) is 3.97. The molecule has 0 N–H and O–H groups in total. The molecule has 0 saturated carbocycles. The van der Waals surface area contributed by atoms with Gasteiger partial charge in [-0.2, -0.15) is 4.98 Å². The van der Waals surface area contributed by atoms with E-state index in [0.717, 1.165) is 24.0 Å². The third-order valence-electron chi connectivity index (χ3n) is 3.97. The van der Waals surface area contributed by atoms with Crippen LogP contribution in [0.4, 0.5) is 0 Å². The van der Waals surface area contributed by atoms with Crippen molar-refractivity contribution < 1.29 is 9.32 Å². The van der Waals surface area contributed by atoms with Gasteiger partial charge in [0.2, 0.25) is 5.89 Å². The molecule has 1 aromatic carbocycles. The summed E-state index contributed by atoms with van der Waals surface area (Å²) in [6.45, 7) is 6.88. The fraction of sp³-hybridized carbons (Fsp3) is 0.471. The van der Waals surface area contributed by atoms with Gasteiger partial charge in [-0.3, -0.25) is 4.79 Å². The van der Waals surface area contributed by atoms with E-state index in [0.29, 0.717) is 24.2 Å². The van der Waals surface area contributed by atoms with Gasteiger partial charge in [-0.05, 0) is 24.0 Å². The Morgan fingerprint density at radius 2 is 2.09 bits per heavy atom. The molecule has 0 unspecified atom stereocenters. The maximum atomic E-state index is 12.6. The summed E-state index contributed by atoms with van der Waals surface area (Å²) in [6.07, 6.45) is 1.54. The van der Waals surface area contributed by atoms with Gasteiger partial charge in [-0.15, -0.1) is 0 Å². The Morgan fingerprint density at radius 3 is 2.77 bits per heavy atom. The van der Waals surface area contributed by atoms with Crippen molar-refractivity contribution in [3.63, 3.8) is 0 Å². The SMILES string of the molecule is CC[C@@H](c1nc(CC(C)C)no1)N1Cc2ccccc2C1=O. The summed E-state index contributed by atoms with van der Waals surface area (Å²) in [6, 6.07) is 7.58. The molecule has 1 aromatic heterocycles. The molecule has 5 nitrogen and oxygen atoms in total. The van der Waals surface area contributed by atoms with Crippen LogP contribution in [0.5, 0.6) is 0 Å². The van der Waals surface area contributed by atoms with Crippen molar-refractivity contribution >= 4 is 5.91 Å². The number of hydrogen-bond donors (Lipinski definition) is 0. The standard InChI is InChI=1S/C17H21N3O2/c1-4-14(16-18-15(19-22-16)9-11(2)3)20-10-12-7-5-6-8-13(12)17(20)21/h5-8,11,14H,4,9-10H2,1-3H3/t14-/m0/s1. The average molecular weight is 299 g/mol. The van der Waals surface area contributed by atoms with Crippen molar-refractivity contribution in [2.24, 2.45) is 5.92 Å². The second-order valence-corrected chi connectivity index (χ2v) is 6.16. The summed E-state index contributed by atoms with van der Waals surface area (Å²) in [5, 5.41) is 4.05. The summed E-state index contributed by atoms with van der Waals surface area (Å²) >= 11 is 0. The van der Waals surface area contributed by atoms with Crippen molar-refractivity contribution in [1.82, 2.24) is 15.0 Å². The van der Waals surface area contributed by atoms with E-state index in [1.165, 1.54) is 0 Å². The molecule has 0 fully saturated rings. The van der Waals surface area contributed by atoms with Crippen LogP contribution in [0, 0.1) is 5.92 Å². The first-order chi connectivity index (χ1) is 10.6. The molecule has 1 aliphatic heterocycles. The first kappa shape index (κ1) is 14.8. The van der Waals surface area contributed by atoms with Crippen LogP contribution in [0.3, 0.4) is 0 Å². The number of fused-ring (bicyclic) bond motifs is 1. The van der Waals surface area contributed by atoms with E-state index >= 15 is 0 Å². The number of nitrogens with zero attached hydrogens (tertiary/aromatic N) is 3. The molecule has 2 heterocycles. The largest absolute Gasteiger partial charge is 0.337 e. The lowest BCUT2D eigenvalue weighted by atomic mass is 10.1. The Balaban J connectivity index is 1.84. The molecule has 1 amide bonds. The zero-order valence-corrected chi connectivity index (χ0v) is 13.2. The quantitative estimate of drug-likeness (QED) is 0.849. The number of benzene rings is 1. The fourth-order valence-corrected chi connectivity index (χ4v) is 2.91. The van der Waals surface area contributed by atoms with Crippen molar-refractivity contribution in [2.75, 3.05) is 0 Å². The van der Waals surface area contributed by atoms with E-state index in [1.807, 2.05) is 36.1 Å². The summed E-state index contributed by atoms with van der Waals surface area (Å²) in [4.78, 5) is 18.9. The Bertz CT molecular complexity index is 678.